The minimum Gasteiger partial charge on any atom is -0.293 e. The summed E-state index contributed by atoms with van der Waals surface area (Å²) in [7, 11) is 0. The number of carbonyl (C=O) groups excluding carboxylic acids is 1. The SMILES string of the molecule is CCN1C(=O)/C(=C\c2c(F)c(F)c(F)c(F)c2F)SC1=S. The number of halogens is 5. The van der Waals surface area contributed by atoms with E-state index < -0.39 is 40.6 Å². The van der Waals surface area contributed by atoms with E-state index >= 15 is 0 Å². The van der Waals surface area contributed by atoms with Gasteiger partial charge in [0.25, 0.3) is 5.91 Å². The lowest BCUT2D eigenvalue weighted by atomic mass is 10.1. The molecular weight excluding hydrogens is 333 g/mol. The standard InChI is InChI=1S/C12H6F5NOS2/c1-2-18-11(19)5(21-12(18)20)3-4-6(13)8(15)10(17)9(16)7(4)14/h3H,2H2,1H3/b5-3+. The van der Waals surface area contributed by atoms with Gasteiger partial charge in [-0.1, -0.05) is 24.0 Å². The second-order valence-corrected chi connectivity index (χ2v) is 5.59. The third-order valence-electron chi connectivity index (χ3n) is 2.71. The van der Waals surface area contributed by atoms with Crippen LogP contribution in [-0.2, 0) is 4.79 Å². The Balaban J connectivity index is 2.57. The van der Waals surface area contributed by atoms with E-state index in [4.69, 9.17) is 12.2 Å². The lowest BCUT2D eigenvalue weighted by Crippen LogP contribution is -2.27. The van der Waals surface area contributed by atoms with Crippen molar-refractivity contribution in [2.45, 2.75) is 6.92 Å². The minimum atomic E-state index is -2.25. The first kappa shape index (κ1) is 15.9. The van der Waals surface area contributed by atoms with E-state index in [9.17, 15) is 26.7 Å². The number of thioether (sulfide) groups is 1. The molecule has 1 aliphatic heterocycles. The monoisotopic (exact) mass is 339 g/mol. The van der Waals surface area contributed by atoms with Gasteiger partial charge in [-0.15, -0.1) is 0 Å². The summed E-state index contributed by atoms with van der Waals surface area (Å²) in [6.45, 7) is 1.87. The fraction of sp³-hybridized carbons (Fsp3) is 0.167. The van der Waals surface area contributed by atoms with Crippen molar-refractivity contribution in [1.82, 2.24) is 4.90 Å². The highest BCUT2D eigenvalue weighted by atomic mass is 32.2. The van der Waals surface area contributed by atoms with E-state index in [1.165, 1.54) is 0 Å². The molecule has 1 aromatic rings. The number of likely N-dealkylation sites (N-methyl/N-ethyl adjacent to an activating group) is 1. The summed E-state index contributed by atoms with van der Waals surface area (Å²) in [5.74, 6) is -11.0. The average molecular weight is 339 g/mol. The second kappa shape index (κ2) is 5.72. The summed E-state index contributed by atoms with van der Waals surface area (Å²) in [4.78, 5) is 12.8. The van der Waals surface area contributed by atoms with E-state index in [-0.39, 0.29) is 15.8 Å². The molecule has 1 aliphatic rings. The van der Waals surface area contributed by atoms with Gasteiger partial charge in [0.1, 0.15) is 4.32 Å². The van der Waals surface area contributed by atoms with Crippen molar-refractivity contribution in [1.29, 1.82) is 0 Å². The van der Waals surface area contributed by atoms with Crippen LogP contribution in [-0.4, -0.2) is 21.7 Å². The summed E-state index contributed by atoms with van der Waals surface area (Å²) in [5, 5.41) is 0. The van der Waals surface area contributed by atoms with Gasteiger partial charge in [-0.05, 0) is 13.0 Å². The average Bonchev–Trinajstić information content (AvgIpc) is 2.73. The molecule has 2 rings (SSSR count). The van der Waals surface area contributed by atoms with Crippen molar-refractivity contribution in [3.63, 3.8) is 0 Å². The molecular formula is C12H6F5NOS2. The van der Waals surface area contributed by atoms with Crippen LogP contribution in [0.1, 0.15) is 12.5 Å². The van der Waals surface area contributed by atoms with E-state index in [1.807, 2.05) is 0 Å². The molecule has 0 aliphatic carbocycles. The molecule has 0 spiro atoms. The molecule has 2 nitrogen and oxygen atoms in total. The van der Waals surface area contributed by atoms with Crippen molar-refractivity contribution in [3.05, 3.63) is 39.6 Å². The number of rotatable bonds is 2. The van der Waals surface area contributed by atoms with Crippen molar-refractivity contribution in [2.75, 3.05) is 6.54 Å². The summed E-state index contributed by atoms with van der Waals surface area (Å²) in [6.07, 6.45) is 0.616. The maximum absolute atomic E-state index is 13.5. The normalized spacial score (nSPS) is 17.2. The minimum absolute atomic E-state index is 0.151. The van der Waals surface area contributed by atoms with Gasteiger partial charge in [-0.2, -0.15) is 0 Å². The Hall–Kier alpha value is -1.48. The third kappa shape index (κ3) is 2.55. The quantitative estimate of drug-likeness (QED) is 0.270. The molecule has 1 heterocycles. The smallest absolute Gasteiger partial charge is 0.266 e. The van der Waals surface area contributed by atoms with Crippen LogP contribution in [0.2, 0.25) is 0 Å². The predicted molar refractivity (Wildman–Crippen MR) is 71.8 cm³/mol. The number of carbonyl (C=O) groups is 1. The first-order valence-corrected chi connectivity index (χ1v) is 6.78. The van der Waals surface area contributed by atoms with Gasteiger partial charge >= 0.3 is 0 Å². The van der Waals surface area contributed by atoms with Crippen LogP contribution in [0.4, 0.5) is 22.0 Å². The number of nitrogens with zero attached hydrogens (tertiary/aromatic N) is 1. The Bertz CT molecular complexity index is 660. The van der Waals surface area contributed by atoms with Crippen LogP contribution in [0.15, 0.2) is 4.91 Å². The lowest BCUT2D eigenvalue weighted by Gasteiger charge is -2.09. The van der Waals surface area contributed by atoms with Gasteiger partial charge in [-0.3, -0.25) is 9.69 Å². The van der Waals surface area contributed by atoms with Crippen molar-refractivity contribution >= 4 is 40.3 Å². The molecule has 0 bridgehead atoms. The highest BCUT2D eigenvalue weighted by molar-refractivity contribution is 8.26. The maximum atomic E-state index is 13.5. The zero-order valence-corrected chi connectivity index (χ0v) is 12.0. The van der Waals surface area contributed by atoms with E-state index in [2.05, 4.69) is 0 Å². The number of thiocarbonyl (C=S) groups is 1. The number of hydrogen-bond donors (Lipinski definition) is 0. The third-order valence-corrected chi connectivity index (χ3v) is 4.09. The molecule has 0 aromatic heterocycles. The van der Waals surface area contributed by atoms with Crippen LogP contribution in [0.3, 0.4) is 0 Å². The predicted octanol–water partition coefficient (Wildman–Crippen LogP) is 3.60. The van der Waals surface area contributed by atoms with Gasteiger partial charge in [0, 0.05) is 6.54 Å². The zero-order valence-electron chi connectivity index (χ0n) is 10.3. The van der Waals surface area contributed by atoms with Crippen molar-refractivity contribution in [3.8, 4) is 0 Å². The topological polar surface area (TPSA) is 20.3 Å². The van der Waals surface area contributed by atoms with E-state index in [0.717, 1.165) is 16.7 Å². The first-order valence-electron chi connectivity index (χ1n) is 5.56. The molecule has 0 radical (unpaired) electrons. The molecule has 112 valence electrons. The Morgan fingerprint density at radius 2 is 1.52 bits per heavy atom. The second-order valence-electron chi connectivity index (χ2n) is 3.91. The Kier molecular flexibility index (Phi) is 4.33. The van der Waals surface area contributed by atoms with Crippen molar-refractivity contribution < 1.29 is 26.7 Å². The maximum Gasteiger partial charge on any atom is 0.266 e. The fourth-order valence-electron chi connectivity index (χ4n) is 1.65. The van der Waals surface area contributed by atoms with Crippen LogP contribution >= 0.6 is 24.0 Å². The Morgan fingerprint density at radius 1 is 1.05 bits per heavy atom. The van der Waals surface area contributed by atoms with Crippen LogP contribution in [0.5, 0.6) is 0 Å². The molecule has 0 atom stereocenters. The molecule has 1 saturated heterocycles. The van der Waals surface area contributed by atoms with E-state index in [0.29, 0.717) is 6.08 Å². The van der Waals surface area contributed by atoms with Crippen LogP contribution < -0.4 is 0 Å². The summed E-state index contributed by atoms with van der Waals surface area (Å²) >= 11 is 5.61. The van der Waals surface area contributed by atoms with E-state index in [1.54, 1.807) is 6.92 Å². The zero-order chi connectivity index (χ0) is 15.9. The Morgan fingerprint density at radius 3 is 1.95 bits per heavy atom. The molecule has 0 saturated carbocycles. The molecule has 21 heavy (non-hydrogen) atoms. The molecule has 9 heteroatoms. The summed E-state index contributed by atoms with van der Waals surface area (Å²) in [5.41, 5.74) is -1.16. The summed E-state index contributed by atoms with van der Waals surface area (Å²) in [6, 6.07) is 0. The highest BCUT2D eigenvalue weighted by Crippen LogP contribution is 2.34. The fourth-order valence-corrected chi connectivity index (χ4v) is 3.02. The largest absolute Gasteiger partial charge is 0.293 e. The first-order chi connectivity index (χ1) is 9.79. The van der Waals surface area contributed by atoms with Gasteiger partial charge in [0.2, 0.25) is 5.82 Å². The molecule has 0 N–H and O–H groups in total. The number of benzene rings is 1. The van der Waals surface area contributed by atoms with Gasteiger partial charge in [0.15, 0.2) is 23.3 Å². The van der Waals surface area contributed by atoms with Gasteiger partial charge in [-0.25, -0.2) is 22.0 Å². The number of amides is 1. The lowest BCUT2D eigenvalue weighted by molar-refractivity contribution is -0.121. The molecule has 1 fully saturated rings. The number of hydrogen-bond acceptors (Lipinski definition) is 3. The summed E-state index contributed by atoms with van der Waals surface area (Å²) < 4.78 is 66.3. The van der Waals surface area contributed by atoms with Crippen LogP contribution in [0, 0.1) is 29.1 Å². The molecule has 0 unspecified atom stereocenters. The molecule has 1 amide bonds. The van der Waals surface area contributed by atoms with Crippen LogP contribution in [0.25, 0.3) is 6.08 Å². The van der Waals surface area contributed by atoms with Crippen molar-refractivity contribution in [2.24, 2.45) is 0 Å². The molecule has 1 aromatic carbocycles. The van der Waals surface area contributed by atoms with Gasteiger partial charge in [0.05, 0.1) is 10.5 Å². The highest BCUT2D eigenvalue weighted by Gasteiger charge is 2.32. The van der Waals surface area contributed by atoms with Gasteiger partial charge < -0.3 is 0 Å². The Labute approximate surface area is 125 Å².